The van der Waals surface area contributed by atoms with Gasteiger partial charge in [0.15, 0.2) is 0 Å². The molecule has 118 valence electrons. The number of methoxy groups -OCH3 is 1. The Bertz CT molecular complexity index is 796. The Hall–Kier alpha value is -2.34. The standard InChI is InChI=1S/C17H12F3NOS/c1-22-12-6-4-11(5-7-12)14-10-21-16(17(18,19)20)9-13(14)15-3-2-8-23-15/h2-10H,1H3. The van der Waals surface area contributed by atoms with Crippen LogP contribution in [0.2, 0.25) is 0 Å². The number of thiophene rings is 1. The smallest absolute Gasteiger partial charge is 0.433 e. The molecule has 2 nitrogen and oxygen atoms in total. The summed E-state index contributed by atoms with van der Waals surface area (Å²) >= 11 is 1.39. The Labute approximate surface area is 135 Å². The number of pyridine rings is 1. The summed E-state index contributed by atoms with van der Waals surface area (Å²) in [5.41, 5.74) is 1.07. The van der Waals surface area contributed by atoms with Gasteiger partial charge in [0.25, 0.3) is 0 Å². The highest BCUT2D eigenvalue weighted by atomic mass is 32.1. The third kappa shape index (κ3) is 3.22. The van der Waals surface area contributed by atoms with E-state index >= 15 is 0 Å². The lowest BCUT2D eigenvalue weighted by atomic mass is 10.00. The molecule has 0 spiro atoms. The van der Waals surface area contributed by atoms with Crippen molar-refractivity contribution in [3.63, 3.8) is 0 Å². The lowest BCUT2D eigenvalue weighted by Crippen LogP contribution is -2.08. The van der Waals surface area contributed by atoms with Crippen molar-refractivity contribution < 1.29 is 17.9 Å². The number of alkyl halides is 3. The average Bonchev–Trinajstić information content (AvgIpc) is 3.08. The maximum Gasteiger partial charge on any atom is 0.433 e. The van der Waals surface area contributed by atoms with E-state index in [2.05, 4.69) is 4.98 Å². The number of benzene rings is 1. The molecular formula is C17H12F3NOS. The number of nitrogens with zero attached hydrogens (tertiary/aromatic N) is 1. The van der Waals surface area contributed by atoms with E-state index in [1.165, 1.54) is 17.5 Å². The SMILES string of the molecule is COc1ccc(-c2cnc(C(F)(F)F)cc2-c2cccs2)cc1. The van der Waals surface area contributed by atoms with Crippen molar-refractivity contribution in [3.8, 4) is 27.3 Å². The van der Waals surface area contributed by atoms with Crippen molar-refractivity contribution in [2.45, 2.75) is 6.18 Å². The molecule has 0 N–H and O–H groups in total. The van der Waals surface area contributed by atoms with E-state index in [-0.39, 0.29) is 0 Å². The van der Waals surface area contributed by atoms with Crippen molar-refractivity contribution >= 4 is 11.3 Å². The first-order chi connectivity index (χ1) is 11.0. The number of hydrogen-bond acceptors (Lipinski definition) is 3. The maximum atomic E-state index is 13.0. The summed E-state index contributed by atoms with van der Waals surface area (Å²) in [4.78, 5) is 4.36. The zero-order chi connectivity index (χ0) is 16.4. The summed E-state index contributed by atoms with van der Waals surface area (Å²) in [6.07, 6.45) is -3.19. The molecule has 2 heterocycles. The molecule has 0 unspecified atom stereocenters. The summed E-state index contributed by atoms with van der Waals surface area (Å²) in [6, 6.07) is 11.9. The molecule has 1 aromatic carbocycles. The van der Waals surface area contributed by atoms with Crippen LogP contribution in [0.1, 0.15) is 5.69 Å². The number of halogens is 3. The van der Waals surface area contributed by atoms with E-state index in [1.54, 1.807) is 37.4 Å². The van der Waals surface area contributed by atoms with Crippen LogP contribution in [-0.4, -0.2) is 12.1 Å². The molecule has 0 aliphatic carbocycles. The van der Waals surface area contributed by atoms with Crippen LogP contribution in [0.3, 0.4) is 0 Å². The predicted octanol–water partition coefficient (Wildman–Crippen LogP) is 5.50. The van der Waals surface area contributed by atoms with Gasteiger partial charge in [-0.3, -0.25) is 4.98 Å². The minimum Gasteiger partial charge on any atom is -0.497 e. The summed E-state index contributed by atoms with van der Waals surface area (Å²) in [5, 5.41) is 1.83. The largest absolute Gasteiger partial charge is 0.497 e. The van der Waals surface area contributed by atoms with Crippen LogP contribution in [0.4, 0.5) is 13.2 Å². The molecule has 23 heavy (non-hydrogen) atoms. The molecule has 0 bridgehead atoms. The summed E-state index contributed by atoms with van der Waals surface area (Å²) < 4.78 is 44.0. The summed E-state index contributed by atoms with van der Waals surface area (Å²) in [6.45, 7) is 0. The predicted molar refractivity (Wildman–Crippen MR) is 84.5 cm³/mol. The Balaban J connectivity index is 2.15. The highest BCUT2D eigenvalue weighted by molar-refractivity contribution is 7.13. The van der Waals surface area contributed by atoms with Crippen LogP contribution in [0.5, 0.6) is 5.75 Å². The van der Waals surface area contributed by atoms with Gasteiger partial charge in [-0.2, -0.15) is 13.2 Å². The van der Waals surface area contributed by atoms with Crippen LogP contribution in [0, 0.1) is 0 Å². The monoisotopic (exact) mass is 335 g/mol. The van der Waals surface area contributed by atoms with Gasteiger partial charge in [-0.05, 0) is 35.2 Å². The second-order valence-corrected chi connectivity index (χ2v) is 5.77. The highest BCUT2D eigenvalue weighted by Crippen LogP contribution is 2.38. The van der Waals surface area contributed by atoms with E-state index < -0.39 is 11.9 Å². The highest BCUT2D eigenvalue weighted by Gasteiger charge is 2.33. The van der Waals surface area contributed by atoms with Crippen LogP contribution in [0.15, 0.2) is 54.0 Å². The normalized spacial score (nSPS) is 11.5. The van der Waals surface area contributed by atoms with Gasteiger partial charge in [0.1, 0.15) is 11.4 Å². The molecule has 0 aliphatic rings. The Morgan fingerprint density at radius 3 is 2.35 bits per heavy atom. The molecule has 0 amide bonds. The van der Waals surface area contributed by atoms with Crippen molar-refractivity contribution in [3.05, 3.63) is 59.7 Å². The van der Waals surface area contributed by atoms with Crippen LogP contribution < -0.4 is 4.74 Å². The second-order valence-electron chi connectivity index (χ2n) is 4.82. The molecule has 0 radical (unpaired) electrons. The summed E-state index contributed by atoms with van der Waals surface area (Å²) in [7, 11) is 1.56. The van der Waals surface area contributed by atoms with Gasteiger partial charge in [-0.1, -0.05) is 18.2 Å². The Kier molecular flexibility index (Phi) is 4.09. The van der Waals surface area contributed by atoms with Gasteiger partial charge >= 0.3 is 6.18 Å². The van der Waals surface area contributed by atoms with Crippen molar-refractivity contribution in [2.75, 3.05) is 7.11 Å². The van der Waals surface area contributed by atoms with Gasteiger partial charge in [-0.15, -0.1) is 11.3 Å². The van der Waals surface area contributed by atoms with E-state index in [0.29, 0.717) is 16.9 Å². The number of ether oxygens (including phenoxy) is 1. The molecule has 0 atom stereocenters. The molecule has 6 heteroatoms. The van der Waals surface area contributed by atoms with Crippen molar-refractivity contribution in [2.24, 2.45) is 0 Å². The molecule has 0 saturated heterocycles. The quantitative estimate of drug-likeness (QED) is 0.630. The lowest BCUT2D eigenvalue weighted by molar-refractivity contribution is -0.141. The van der Waals surface area contributed by atoms with Crippen molar-refractivity contribution in [1.82, 2.24) is 4.98 Å². The molecule has 0 saturated carbocycles. The van der Waals surface area contributed by atoms with E-state index in [1.807, 2.05) is 11.4 Å². The fraction of sp³-hybridized carbons (Fsp3) is 0.118. The molecular weight excluding hydrogens is 323 g/mol. The topological polar surface area (TPSA) is 22.1 Å². The van der Waals surface area contributed by atoms with Gasteiger partial charge < -0.3 is 4.74 Å². The third-order valence-corrected chi connectivity index (χ3v) is 4.29. The third-order valence-electron chi connectivity index (χ3n) is 3.38. The molecule has 3 aromatic rings. The number of rotatable bonds is 3. The Morgan fingerprint density at radius 1 is 1.04 bits per heavy atom. The zero-order valence-corrected chi connectivity index (χ0v) is 12.9. The minimum absolute atomic E-state index is 0.521. The fourth-order valence-electron chi connectivity index (χ4n) is 2.25. The molecule has 0 fully saturated rings. The van der Waals surface area contributed by atoms with Crippen LogP contribution >= 0.6 is 11.3 Å². The van der Waals surface area contributed by atoms with Gasteiger partial charge in [0, 0.05) is 22.2 Å². The van der Waals surface area contributed by atoms with Crippen LogP contribution in [-0.2, 0) is 6.18 Å². The first kappa shape index (κ1) is 15.6. The lowest BCUT2D eigenvalue weighted by Gasteiger charge is -2.12. The minimum atomic E-state index is -4.47. The summed E-state index contributed by atoms with van der Waals surface area (Å²) in [5.74, 6) is 0.686. The van der Waals surface area contributed by atoms with E-state index in [9.17, 15) is 13.2 Å². The average molecular weight is 335 g/mol. The van der Waals surface area contributed by atoms with E-state index in [4.69, 9.17) is 4.74 Å². The van der Waals surface area contributed by atoms with Gasteiger partial charge in [0.05, 0.1) is 7.11 Å². The van der Waals surface area contributed by atoms with E-state index in [0.717, 1.165) is 16.5 Å². The zero-order valence-electron chi connectivity index (χ0n) is 12.1. The van der Waals surface area contributed by atoms with Crippen molar-refractivity contribution in [1.29, 1.82) is 0 Å². The second kappa shape index (κ2) is 6.04. The number of hydrogen-bond donors (Lipinski definition) is 0. The molecule has 2 aromatic heterocycles. The Morgan fingerprint density at radius 2 is 1.78 bits per heavy atom. The molecule has 0 aliphatic heterocycles. The number of aromatic nitrogens is 1. The van der Waals surface area contributed by atoms with Crippen LogP contribution in [0.25, 0.3) is 21.6 Å². The maximum absolute atomic E-state index is 13.0. The fourth-order valence-corrected chi connectivity index (χ4v) is 3.00. The first-order valence-electron chi connectivity index (χ1n) is 6.74. The molecule has 3 rings (SSSR count). The van der Waals surface area contributed by atoms with Gasteiger partial charge in [-0.25, -0.2) is 0 Å². The van der Waals surface area contributed by atoms with Gasteiger partial charge in [0.2, 0.25) is 0 Å². The first-order valence-corrected chi connectivity index (χ1v) is 7.62.